The number of nitrogens with one attached hydrogen (secondary N) is 3. The van der Waals surface area contributed by atoms with Crippen molar-refractivity contribution in [1.82, 2.24) is 0 Å². The van der Waals surface area contributed by atoms with E-state index in [1.54, 1.807) is 37.4 Å². The maximum atomic E-state index is 12.6. The Labute approximate surface area is 162 Å². The lowest BCUT2D eigenvalue weighted by molar-refractivity contribution is -0.116. The summed E-state index contributed by atoms with van der Waals surface area (Å²) in [6.07, 6.45) is 0. The summed E-state index contributed by atoms with van der Waals surface area (Å²) in [6, 6.07) is 11.4. The van der Waals surface area contributed by atoms with E-state index in [2.05, 4.69) is 16.0 Å². The summed E-state index contributed by atoms with van der Waals surface area (Å²) >= 11 is 0. The van der Waals surface area contributed by atoms with Gasteiger partial charge in [-0.05, 0) is 42.5 Å². The van der Waals surface area contributed by atoms with E-state index in [0.717, 1.165) is 0 Å². The predicted molar refractivity (Wildman–Crippen MR) is 109 cm³/mol. The zero-order chi connectivity index (χ0) is 20.8. The van der Waals surface area contributed by atoms with Gasteiger partial charge in [0.1, 0.15) is 0 Å². The van der Waals surface area contributed by atoms with E-state index in [9.17, 15) is 19.2 Å². The van der Waals surface area contributed by atoms with Crippen LogP contribution in [0.4, 0.5) is 22.7 Å². The van der Waals surface area contributed by atoms with E-state index in [1.165, 1.54) is 37.8 Å². The van der Waals surface area contributed by atoms with Crippen LogP contribution in [0.1, 0.15) is 31.1 Å². The zero-order valence-corrected chi connectivity index (χ0v) is 16.1. The first-order valence-corrected chi connectivity index (χ1v) is 8.51. The number of amides is 4. The molecule has 0 saturated carbocycles. The smallest absolute Gasteiger partial charge is 0.255 e. The van der Waals surface area contributed by atoms with Gasteiger partial charge in [-0.15, -0.1) is 0 Å². The number of hydrogen-bond donors (Lipinski definition) is 3. The van der Waals surface area contributed by atoms with Crippen molar-refractivity contribution in [3.05, 3.63) is 48.0 Å². The Bertz CT molecular complexity index is 888. The molecule has 0 atom stereocenters. The molecule has 0 saturated heterocycles. The van der Waals surface area contributed by atoms with E-state index in [0.29, 0.717) is 22.7 Å². The summed E-state index contributed by atoms with van der Waals surface area (Å²) < 4.78 is 0. The normalized spacial score (nSPS) is 10.0. The van der Waals surface area contributed by atoms with E-state index < -0.39 is 5.91 Å². The largest absolute Gasteiger partial charge is 0.326 e. The molecule has 0 aliphatic rings. The van der Waals surface area contributed by atoms with Crippen molar-refractivity contribution in [1.29, 1.82) is 0 Å². The van der Waals surface area contributed by atoms with Crippen molar-refractivity contribution in [3.63, 3.8) is 0 Å². The Hall–Kier alpha value is -3.68. The minimum Gasteiger partial charge on any atom is -0.326 e. The van der Waals surface area contributed by atoms with Crippen LogP contribution in [0.15, 0.2) is 42.5 Å². The third kappa shape index (κ3) is 5.66. The molecule has 4 amide bonds. The molecule has 0 aliphatic carbocycles. The zero-order valence-electron chi connectivity index (χ0n) is 16.1. The van der Waals surface area contributed by atoms with Crippen molar-refractivity contribution in [2.24, 2.45) is 0 Å². The first-order chi connectivity index (χ1) is 13.2. The van der Waals surface area contributed by atoms with Gasteiger partial charge in [0.05, 0.1) is 0 Å². The van der Waals surface area contributed by atoms with Gasteiger partial charge in [-0.2, -0.15) is 0 Å². The third-order valence-corrected chi connectivity index (χ3v) is 3.82. The van der Waals surface area contributed by atoms with Gasteiger partial charge in [-0.25, -0.2) is 0 Å². The topological polar surface area (TPSA) is 108 Å². The minimum atomic E-state index is -0.411. The molecule has 0 radical (unpaired) electrons. The highest BCUT2D eigenvalue weighted by Gasteiger charge is 2.12. The number of nitrogens with zero attached hydrogens (tertiary/aromatic N) is 1. The lowest BCUT2D eigenvalue weighted by atomic mass is 10.1. The van der Waals surface area contributed by atoms with Crippen LogP contribution in [0.5, 0.6) is 0 Å². The lowest BCUT2D eigenvalue weighted by Crippen LogP contribution is -2.22. The molecular formula is C20H22N4O4. The Morgan fingerprint density at radius 3 is 1.64 bits per heavy atom. The lowest BCUT2D eigenvalue weighted by Gasteiger charge is -2.15. The van der Waals surface area contributed by atoms with E-state index in [4.69, 9.17) is 0 Å². The van der Waals surface area contributed by atoms with Crippen LogP contribution in [0.3, 0.4) is 0 Å². The fourth-order valence-electron chi connectivity index (χ4n) is 2.46. The molecule has 2 rings (SSSR count). The molecule has 2 aromatic rings. The van der Waals surface area contributed by atoms with Gasteiger partial charge in [-0.3, -0.25) is 19.2 Å². The monoisotopic (exact) mass is 382 g/mol. The molecule has 0 spiro atoms. The van der Waals surface area contributed by atoms with Crippen molar-refractivity contribution >= 4 is 46.4 Å². The number of carbonyl (C=O) groups excluding carboxylic acids is 4. The van der Waals surface area contributed by atoms with Gasteiger partial charge in [0.25, 0.3) is 5.91 Å². The second kappa shape index (κ2) is 8.81. The molecule has 0 fully saturated rings. The van der Waals surface area contributed by atoms with Crippen molar-refractivity contribution in [3.8, 4) is 0 Å². The minimum absolute atomic E-state index is 0.0999. The molecule has 0 aliphatic heterocycles. The number of rotatable bonds is 5. The number of benzene rings is 2. The van der Waals surface area contributed by atoms with Gasteiger partial charge in [0, 0.05) is 56.1 Å². The van der Waals surface area contributed by atoms with Gasteiger partial charge in [0.2, 0.25) is 17.7 Å². The number of carbonyl (C=O) groups is 4. The Morgan fingerprint density at radius 2 is 1.21 bits per heavy atom. The molecule has 0 unspecified atom stereocenters. The summed E-state index contributed by atoms with van der Waals surface area (Å²) in [6.45, 7) is 4.17. The standard InChI is InChI=1S/C20H22N4O4/c1-12(25)21-17-9-15(10-18(11-17)22-13(2)26)20(28)23-16-5-7-19(8-6-16)24(4)14(3)27/h5-11H,1-4H3,(H,21,25)(H,22,26)(H,23,28). The molecule has 0 aromatic heterocycles. The maximum absolute atomic E-state index is 12.6. The predicted octanol–water partition coefficient (Wildman–Crippen LogP) is 2.84. The van der Waals surface area contributed by atoms with Gasteiger partial charge < -0.3 is 20.9 Å². The SMILES string of the molecule is CC(=O)Nc1cc(NC(C)=O)cc(C(=O)Nc2ccc(N(C)C(C)=O)cc2)c1. The Morgan fingerprint density at radius 1 is 0.714 bits per heavy atom. The quantitative estimate of drug-likeness (QED) is 0.739. The van der Waals surface area contributed by atoms with Crippen molar-refractivity contribution in [2.45, 2.75) is 20.8 Å². The van der Waals surface area contributed by atoms with Crippen molar-refractivity contribution < 1.29 is 19.2 Å². The summed E-state index contributed by atoms with van der Waals surface area (Å²) in [7, 11) is 1.66. The summed E-state index contributed by atoms with van der Waals surface area (Å²) in [5.41, 5.74) is 2.28. The maximum Gasteiger partial charge on any atom is 0.255 e. The van der Waals surface area contributed by atoms with Crippen LogP contribution < -0.4 is 20.9 Å². The molecule has 3 N–H and O–H groups in total. The van der Waals surface area contributed by atoms with Crippen LogP contribution in [0, 0.1) is 0 Å². The Kier molecular flexibility index (Phi) is 6.49. The number of hydrogen-bond acceptors (Lipinski definition) is 4. The summed E-state index contributed by atoms with van der Waals surface area (Å²) in [5, 5.41) is 7.95. The van der Waals surface area contributed by atoms with Crippen LogP contribution in [0.25, 0.3) is 0 Å². The summed E-state index contributed by atoms with van der Waals surface area (Å²) in [4.78, 5) is 48.2. The van der Waals surface area contributed by atoms with Crippen LogP contribution in [-0.4, -0.2) is 30.7 Å². The first-order valence-electron chi connectivity index (χ1n) is 8.51. The van der Waals surface area contributed by atoms with Crippen molar-refractivity contribution in [2.75, 3.05) is 27.9 Å². The van der Waals surface area contributed by atoms with Gasteiger partial charge in [0.15, 0.2) is 0 Å². The molecule has 146 valence electrons. The summed E-state index contributed by atoms with van der Waals surface area (Å²) in [5.74, 6) is -1.10. The number of anilines is 4. The second-order valence-electron chi connectivity index (χ2n) is 6.24. The van der Waals surface area contributed by atoms with Gasteiger partial charge in [-0.1, -0.05) is 0 Å². The molecule has 8 nitrogen and oxygen atoms in total. The van der Waals surface area contributed by atoms with E-state index in [1.807, 2.05) is 0 Å². The fourth-order valence-corrected chi connectivity index (χ4v) is 2.46. The highest BCUT2D eigenvalue weighted by atomic mass is 16.2. The molecule has 28 heavy (non-hydrogen) atoms. The highest BCUT2D eigenvalue weighted by Crippen LogP contribution is 2.22. The Balaban J connectivity index is 2.23. The molecule has 0 bridgehead atoms. The highest BCUT2D eigenvalue weighted by molar-refractivity contribution is 6.07. The van der Waals surface area contributed by atoms with E-state index in [-0.39, 0.29) is 23.3 Å². The van der Waals surface area contributed by atoms with Crippen LogP contribution in [-0.2, 0) is 14.4 Å². The average molecular weight is 382 g/mol. The third-order valence-electron chi connectivity index (χ3n) is 3.82. The fraction of sp³-hybridized carbons (Fsp3) is 0.200. The molecule has 0 heterocycles. The molecule has 8 heteroatoms. The second-order valence-corrected chi connectivity index (χ2v) is 6.24. The first kappa shape index (κ1) is 20.6. The molecular weight excluding hydrogens is 360 g/mol. The van der Waals surface area contributed by atoms with Crippen LogP contribution >= 0.6 is 0 Å². The molecule has 2 aromatic carbocycles. The van der Waals surface area contributed by atoms with E-state index >= 15 is 0 Å². The van der Waals surface area contributed by atoms with Gasteiger partial charge >= 0.3 is 0 Å². The average Bonchev–Trinajstić information content (AvgIpc) is 2.60. The van der Waals surface area contributed by atoms with Crippen LogP contribution in [0.2, 0.25) is 0 Å².